The van der Waals surface area contributed by atoms with Crippen molar-refractivity contribution in [2.45, 2.75) is 13.3 Å². The van der Waals surface area contributed by atoms with Crippen molar-refractivity contribution in [1.29, 1.82) is 0 Å². The summed E-state index contributed by atoms with van der Waals surface area (Å²) in [6.45, 7) is 2.61. The number of amides is 1. The number of hydrogen-bond donors (Lipinski definition) is 1. The first-order valence-corrected chi connectivity index (χ1v) is 6.87. The van der Waals surface area contributed by atoms with E-state index in [1.165, 1.54) is 0 Å². The SMILES string of the molecule is CCCOc1ccccc1C(=O)Nc1cccc(Cl)c1. The monoisotopic (exact) mass is 289 g/mol. The standard InChI is InChI=1S/C16H16ClNO2/c1-2-10-20-15-9-4-3-8-14(15)16(19)18-13-7-5-6-12(17)11-13/h3-9,11H,2,10H2,1H3,(H,18,19). The van der Waals surface area contributed by atoms with Gasteiger partial charge >= 0.3 is 0 Å². The van der Waals surface area contributed by atoms with Gasteiger partial charge in [0.25, 0.3) is 5.91 Å². The largest absolute Gasteiger partial charge is 0.493 e. The fourth-order valence-electron chi connectivity index (χ4n) is 1.76. The van der Waals surface area contributed by atoms with Crippen molar-refractivity contribution in [2.24, 2.45) is 0 Å². The molecule has 0 unspecified atom stereocenters. The highest BCUT2D eigenvalue weighted by Gasteiger charge is 2.12. The average molecular weight is 290 g/mol. The Balaban J connectivity index is 2.16. The topological polar surface area (TPSA) is 38.3 Å². The van der Waals surface area contributed by atoms with E-state index in [9.17, 15) is 4.79 Å². The first-order chi connectivity index (χ1) is 9.70. The zero-order chi connectivity index (χ0) is 14.4. The van der Waals surface area contributed by atoms with Gasteiger partial charge in [-0.3, -0.25) is 4.79 Å². The second-order valence-electron chi connectivity index (χ2n) is 4.31. The Morgan fingerprint density at radius 2 is 2.00 bits per heavy atom. The number of nitrogens with one attached hydrogen (secondary N) is 1. The third-order valence-corrected chi connectivity index (χ3v) is 2.91. The van der Waals surface area contributed by atoms with Crippen LogP contribution in [0.2, 0.25) is 5.02 Å². The van der Waals surface area contributed by atoms with E-state index in [1.807, 2.05) is 19.1 Å². The maximum atomic E-state index is 12.3. The molecule has 2 aromatic carbocycles. The zero-order valence-corrected chi connectivity index (χ0v) is 12.0. The van der Waals surface area contributed by atoms with Crippen LogP contribution < -0.4 is 10.1 Å². The van der Waals surface area contributed by atoms with E-state index in [4.69, 9.17) is 16.3 Å². The van der Waals surface area contributed by atoms with E-state index in [0.717, 1.165) is 6.42 Å². The quantitative estimate of drug-likeness (QED) is 0.887. The minimum absolute atomic E-state index is 0.209. The highest BCUT2D eigenvalue weighted by molar-refractivity contribution is 6.31. The summed E-state index contributed by atoms with van der Waals surface area (Å²) in [4.78, 5) is 12.3. The molecule has 0 heterocycles. The van der Waals surface area contributed by atoms with Crippen molar-refractivity contribution in [3.05, 3.63) is 59.1 Å². The fourth-order valence-corrected chi connectivity index (χ4v) is 1.95. The van der Waals surface area contributed by atoms with E-state index in [1.54, 1.807) is 36.4 Å². The summed E-state index contributed by atoms with van der Waals surface area (Å²) in [6, 6.07) is 14.2. The summed E-state index contributed by atoms with van der Waals surface area (Å²) in [5.41, 5.74) is 1.17. The summed E-state index contributed by atoms with van der Waals surface area (Å²) in [7, 11) is 0. The predicted octanol–water partition coefficient (Wildman–Crippen LogP) is 4.38. The fraction of sp³-hybridized carbons (Fsp3) is 0.188. The van der Waals surface area contributed by atoms with Crippen molar-refractivity contribution >= 4 is 23.2 Å². The van der Waals surface area contributed by atoms with Gasteiger partial charge in [-0.1, -0.05) is 36.7 Å². The molecule has 20 heavy (non-hydrogen) atoms. The van der Waals surface area contributed by atoms with Crippen LogP contribution in [-0.2, 0) is 0 Å². The van der Waals surface area contributed by atoms with Crippen molar-refractivity contribution in [2.75, 3.05) is 11.9 Å². The lowest BCUT2D eigenvalue weighted by Gasteiger charge is -2.11. The second-order valence-corrected chi connectivity index (χ2v) is 4.75. The molecule has 0 aliphatic carbocycles. The molecule has 1 amide bonds. The Hall–Kier alpha value is -2.00. The van der Waals surface area contributed by atoms with E-state index in [-0.39, 0.29) is 5.91 Å². The summed E-state index contributed by atoms with van der Waals surface area (Å²) < 4.78 is 5.58. The van der Waals surface area contributed by atoms with Gasteiger partial charge in [0, 0.05) is 10.7 Å². The molecule has 0 bridgehead atoms. The summed E-state index contributed by atoms with van der Waals surface area (Å²) in [5, 5.41) is 3.39. The van der Waals surface area contributed by atoms with Gasteiger partial charge in [-0.2, -0.15) is 0 Å². The predicted molar refractivity (Wildman–Crippen MR) is 81.6 cm³/mol. The molecule has 0 saturated heterocycles. The molecule has 0 atom stereocenters. The molecule has 3 nitrogen and oxygen atoms in total. The van der Waals surface area contributed by atoms with Crippen LogP contribution in [0.5, 0.6) is 5.75 Å². The van der Waals surface area contributed by atoms with Gasteiger partial charge in [-0.05, 0) is 36.8 Å². The maximum absolute atomic E-state index is 12.3. The van der Waals surface area contributed by atoms with E-state index < -0.39 is 0 Å². The molecular weight excluding hydrogens is 274 g/mol. The van der Waals surface area contributed by atoms with Crippen molar-refractivity contribution in [3.8, 4) is 5.75 Å². The molecule has 2 aromatic rings. The number of para-hydroxylation sites is 1. The minimum Gasteiger partial charge on any atom is -0.493 e. The smallest absolute Gasteiger partial charge is 0.259 e. The van der Waals surface area contributed by atoms with Gasteiger partial charge in [0.2, 0.25) is 0 Å². The van der Waals surface area contributed by atoms with Crippen LogP contribution in [0.25, 0.3) is 0 Å². The van der Waals surface area contributed by atoms with Gasteiger partial charge in [0.15, 0.2) is 0 Å². The lowest BCUT2D eigenvalue weighted by molar-refractivity contribution is 0.102. The number of hydrogen-bond acceptors (Lipinski definition) is 2. The Morgan fingerprint density at radius 3 is 2.75 bits per heavy atom. The molecular formula is C16H16ClNO2. The molecule has 104 valence electrons. The zero-order valence-electron chi connectivity index (χ0n) is 11.2. The summed E-state index contributed by atoms with van der Waals surface area (Å²) in [5.74, 6) is 0.382. The van der Waals surface area contributed by atoms with Crippen LogP contribution in [0.4, 0.5) is 5.69 Å². The molecule has 0 radical (unpaired) electrons. The molecule has 0 aliphatic rings. The number of halogens is 1. The first-order valence-electron chi connectivity index (χ1n) is 6.49. The minimum atomic E-state index is -0.209. The number of carbonyl (C=O) groups excluding carboxylic acids is 1. The van der Waals surface area contributed by atoms with Crippen molar-refractivity contribution in [1.82, 2.24) is 0 Å². The lowest BCUT2D eigenvalue weighted by Crippen LogP contribution is -2.13. The Morgan fingerprint density at radius 1 is 1.20 bits per heavy atom. The van der Waals surface area contributed by atoms with E-state index in [0.29, 0.717) is 28.6 Å². The molecule has 0 aromatic heterocycles. The van der Waals surface area contributed by atoms with Crippen LogP contribution in [0.1, 0.15) is 23.7 Å². The van der Waals surface area contributed by atoms with Gasteiger partial charge in [-0.15, -0.1) is 0 Å². The van der Waals surface area contributed by atoms with Crippen LogP contribution in [0, 0.1) is 0 Å². The average Bonchev–Trinajstić information content (AvgIpc) is 2.45. The second kappa shape index (κ2) is 6.96. The number of ether oxygens (including phenoxy) is 1. The van der Waals surface area contributed by atoms with Crippen LogP contribution >= 0.6 is 11.6 Å². The molecule has 0 saturated carbocycles. The number of anilines is 1. The first kappa shape index (κ1) is 14.4. The van der Waals surface area contributed by atoms with Gasteiger partial charge in [0.05, 0.1) is 12.2 Å². The van der Waals surface area contributed by atoms with Gasteiger partial charge in [-0.25, -0.2) is 0 Å². The molecule has 0 spiro atoms. The van der Waals surface area contributed by atoms with Crippen LogP contribution in [-0.4, -0.2) is 12.5 Å². The Kier molecular flexibility index (Phi) is 5.02. The van der Waals surface area contributed by atoms with E-state index in [2.05, 4.69) is 5.32 Å². The Labute approximate surface area is 123 Å². The molecule has 1 N–H and O–H groups in total. The third-order valence-electron chi connectivity index (χ3n) is 2.68. The number of benzene rings is 2. The van der Waals surface area contributed by atoms with Crippen molar-refractivity contribution < 1.29 is 9.53 Å². The highest BCUT2D eigenvalue weighted by atomic mass is 35.5. The van der Waals surface area contributed by atoms with Gasteiger partial charge in [0.1, 0.15) is 5.75 Å². The lowest BCUT2D eigenvalue weighted by atomic mass is 10.2. The molecule has 0 fully saturated rings. The third kappa shape index (κ3) is 3.75. The Bertz CT molecular complexity index is 599. The molecule has 0 aliphatic heterocycles. The molecule has 4 heteroatoms. The number of rotatable bonds is 5. The van der Waals surface area contributed by atoms with Crippen LogP contribution in [0.15, 0.2) is 48.5 Å². The summed E-state index contributed by atoms with van der Waals surface area (Å²) in [6.07, 6.45) is 0.893. The van der Waals surface area contributed by atoms with Crippen LogP contribution in [0.3, 0.4) is 0 Å². The summed E-state index contributed by atoms with van der Waals surface area (Å²) >= 11 is 5.90. The van der Waals surface area contributed by atoms with E-state index >= 15 is 0 Å². The highest BCUT2D eigenvalue weighted by Crippen LogP contribution is 2.21. The van der Waals surface area contributed by atoms with Crippen molar-refractivity contribution in [3.63, 3.8) is 0 Å². The number of carbonyl (C=O) groups is 1. The maximum Gasteiger partial charge on any atom is 0.259 e. The molecule has 2 rings (SSSR count). The normalized spacial score (nSPS) is 10.1. The van der Waals surface area contributed by atoms with Gasteiger partial charge < -0.3 is 10.1 Å².